The fraction of sp³-hybridized carbons (Fsp3) is 0.882. The van der Waals surface area contributed by atoms with Crippen LogP contribution in [0.4, 0.5) is 0 Å². The van der Waals surface area contributed by atoms with Crippen LogP contribution in [0.15, 0.2) is 0 Å². The van der Waals surface area contributed by atoms with Crippen LogP contribution in [0, 0.1) is 5.92 Å². The van der Waals surface area contributed by atoms with Crippen molar-refractivity contribution in [2.75, 3.05) is 32.0 Å². The maximum Gasteiger partial charge on any atom is 0.248 e. The number of carbonyl (C=O) groups excluding carboxylic acids is 2. The van der Waals surface area contributed by atoms with Crippen LogP contribution in [0.2, 0.25) is 0 Å². The maximum absolute atomic E-state index is 12.7. The van der Waals surface area contributed by atoms with Gasteiger partial charge in [-0.2, -0.15) is 0 Å². The summed E-state index contributed by atoms with van der Waals surface area (Å²) in [5.41, 5.74) is 0. The first-order chi connectivity index (χ1) is 12.7. The summed E-state index contributed by atoms with van der Waals surface area (Å²) >= 11 is 3.41. The second kappa shape index (κ2) is 8.68. The molecule has 6 atom stereocenters. The van der Waals surface area contributed by atoms with Crippen LogP contribution in [0.25, 0.3) is 0 Å². The number of amides is 2. The summed E-state index contributed by atoms with van der Waals surface area (Å²) < 4.78 is 5.57. The van der Waals surface area contributed by atoms with Gasteiger partial charge in [-0.3, -0.25) is 14.9 Å². The van der Waals surface area contributed by atoms with Crippen LogP contribution in [0.5, 0.6) is 0 Å². The Morgan fingerprint density at radius 3 is 2.92 bits per heavy atom. The van der Waals surface area contributed by atoms with Crippen molar-refractivity contribution in [1.29, 1.82) is 0 Å². The highest BCUT2D eigenvalue weighted by Crippen LogP contribution is 2.34. The topological polar surface area (TPSA) is 91.5 Å². The predicted molar refractivity (Wildman–Crippen MR) is 104 cm³/mol. The van der Waals surface area contributed by atoms with E-state index in [2.05, 4.69) is 21.3 Å². The number of ether oxygens (including phenoxy) is 1. The fourth-order valence-corrected chi connectivity index (χ4v) is 6.83. The third-order valence-corrected chi connectivity index (χ3v) is 8.39. The van der Waals surface area contributed by atoms with Gasteiger partial charge in [-0.1, -0.05) is 0 Å². The van der Waals surface area contributed by atoms with Crippen molar-refractivity contribution in [3.05, 3.63) is 0 Å². The van der Waals surface area contributed by atoms with Gasteiger partial charge in [0.1, 0.15) is 5.37 Å². The van der Waals surface area contributed by atoms with Crippen molar-refractivity contribution in [2.45, 2.75) is 53.8 Å². The van der Waals surface area contributed by atoms with E-state index in [1.54, 1.807) is 23.5 Å². The van der Waals surface area contributed by atoms with Crippen molar-refractivity contribution in [3.8, 4) is 0 Å². The molecule has 4 fully saturated rings. The summed E-state index contributed by atoms with van der Waals surface area (Å²) in [6, 6.07) is 0.367. The van der Waals surface area contributed by atoms with E-state index in [-0.39, 0.29) is 34.6 Å². The number of nitrogens with one attached hydrogen (secondary N) is 4. The standard InChI is InChI=1S/C17H28N4O3S2/c22-14(19-8-10-2-1-6-24-10)11-4-7-25-16(11)21-15(23)17-20-12-9-18-5-3-13(12)26-17/h10-13,16-18,20H,1-9H2,(H,19,22)(H,21,23). The van der Waals surface area contributed by atoms with E-state index in [4.69, 9.17) is 4.74 Å². The van der Waals surface area contributed by atoms with Gasteiger partial charge >= 0.3 is 0 Å². The zero-order valence-corrected chi connectivity index (χ0v) is 16.5. The average Bonchev–Trinajstić information content (AvgIpc) is 3.39. The van der Waals surface area contributed by atoms with Gasteiger partial charge in [-0.05, 0) is 38.0 Å². The van der Waals surface area contributed by atoms with Crippen LogP contribution in [0.3, 0.4) is 0 Å². The Morgan fingerprint density at radius 1 is 1.19 bits per heavy atom. The Hall–Kier alpha value is -0.480. The van der Waals surface area contributed by atoms with Crippen molar-refractivity contribution < 1.29 is 14.3 Å². The highest BCUT2D eigenvalue weighted by atomic mass is 32.2. The number of carbonyl (C=O) groups is 2. The molecule has 26 heavy (non-hydrogen) atoms. The largest absolute Gasteiger partial charge is 0.376 e. The summed E-state index contributed by atoms with van der Waals surface area (Å²) in [5, 5.41) is 13.1. The van der Waals surface area contributed by atoms with Crippen LogP contribution < -0.4 is 21.3 Å². The Kier molecular flexibility index (Phi) is 6.30. The molecular formula is C17H28N4O3S2. The van der Waals surface area contributed by atoms with Gasteiger partial charge in [0, 0.05) is 31.0 Å². The summed E-state index contributed by atoms with van der Waals surface area (Å²) in [5.74, 6) is 0.811. The molecule has 0 bridgehead atoms. The number of rotatable bonds is 5. The molecule has 7 nitrogen and oxygen atoms in total. The van der Waals surface area contributed by atoms with E-state index in [9.17, 15) is 9.59 Å². The van der Waals surface area contributed by atoms with Crippen molar-refractivity contribution in [1.82, 2.24) is 21.3 Å². The maximum atomic E-state index is 12.7. The van der Waals surface area contributed by atoms with Gasteiger partial charge in [0.25, 0.3) is 0 Å². The summed E-state index contributed by atoms with van der Waals surface area (Å²) in [4.78, 5) is 25.3. The third kappa shape index (κ3) is 4.32. The monoisotopic (exact) mass is 400 g/mol. The SMILES string of the molecule is O=C(NC1SCCC1C(=O)NCC1CCCO1)C1NC2CNCCC2S1. The van der Waals surface area contributed by atoms with Gasteiger partial charge in [-0.15, -0.1) is 23.5 Å². The number of hydrogen-bond donors (Lipinski definition) is 4. The molecule has 0 spiro atoms. The summed E-state index contributed by atoms with van der Waals surface area (Å²) in [7, 11) is 0. The molecule has 4 saturated heterocycles. The molecule has 0 saturated carbocycles. The highest BCUT2D eigenvalue weighted by Gasteiger charge is 2.41. The van der Waals surface area contributed by atoms with Crippen molar-refractivity contribution in [3.63, 3.8) is 0 Å². The molecule has 4 aliphatic heterocycles. The van der Waals surface area contributed by atoms with Crippen LogP contribution in [-0.2, 0) is 14.3 Å². The zero-order valence-electron chi connectivity index (χ0n) is 14.9. The number of fused-ring (bicyclic) bond motifs is 1. The first kappa shape index (κ1) is 18.9. The quantitative estimate of drug-likeness (QED) is 0.511. The normalized spacial score (nSPS) is 39.5. The predicted octanol–water partition coefficient (Wildman–Crippen LogP) is -0.130. The van der Waals surface area contributed by atoms with Crippen LogP contribution in [-0.4, -0.2) is 72.0 Å². The molecule has 0 aliphatic carbocycles. The Balaban J connectivity index is 1.26. The minimum Gasteiger partial charge on any atom is -0.376 e. The lowest BCUT2D eigenvalue weighted by atomic mass is 10.1. The molecule has 4 rings (SSSR count). The molecule has 0 aromatic carbocycles. The van der Waals surface area contributed by atoms with E-state index in [0.29, 0.717) is 17.8 Å². The lowest BCUT2D eigenvalue weighted by molar-refractivity contribution is -0.126. The summed E-state index contributed by atoms with van der Waals surface area (Å²) in [6.07, 6.45) is 4.15. The Morgan fingerprint density at radius 2 is 2.12 bits per heavy atom. The van der Waals surface area contributed by atoms with Gasteiger partial charge < -0.3 is 20.7 Å². The number of thioether (sulfide) groups is 2. The lowest BCUT2D eigenvalue weighted by Crippen LogP contribution is -2.51. The molecule has 0 radical (unpaired) electrons. The van der Waals surface area contributed by atoms with Gasteiger partial charge in [0.05, 0.1) is 17.4 Å². The Labute approximate surface area is 162 Å². The smallest absolute Gasteiger partial charge is 0.248 e. The molecule has 4 aliphatic rings. The molecule has 9 heteroatoms. The van der Waals surface area contributed by atoms with E-state index in [0.717, 1.165) is 51.1 Å². The van der Waals surface area contributed by atoms with Gasteiger partial charge in [-0.25, -0.2) is 0 Å². The van der Waals surface area contributed by atoms with E-state index < -0.39 is 0 Å². The molecule has 2 amide bonds. The first-order valence-corrected chi connectivity index (χ1v) is 11.6. The van der Waals surface area contributed by atoms with E-state index >= 15 is 0 Å². The molecule has 6 unspecified atom stereocenters. The third-order valence-electron chi connectivity index (χ3n) is 5.57. The minimum absolute atomic E-state index is 0.0146. The van der Waals surface area contributed by atoms with Crippen LogP contribution in [0.1, 0.15) is 25.7 Å². The molecular weight excluding hydrogens is 372 g/mol. The zero-order chi connectivity index (χ0) is 17.9. The Bertz CT molecular complexity index is 518. The second-order valence-electron chi connectivity index (χ2n) is 7.40. The van der Waals surface area contributed by atoms with Crippen molar-refractivity contribution >= 4 is 35.3 Å². The highest BCUT2D eigenvalue weighted by molar-refractivity contribution is 8.01. The second-order valence-corrected chi connectivity index (χ2v) is 9.99. The van der Waals surface area contributed by atoms with Crippen molar-refractivity contribution in [2.24, 2.45) is 5.92 Å². The summed E-state index contributed by atoms with van der Waals surface area (Å²) in [6.45, 7) is 3.32. The molecule has 0 aromatic heterocycles. The first-order valence-electron chi connectivity index (χ1n) is 9.64. The lowest BCUT2D eigenvalue weighted by Gasteiger charge is -2.24. The number of hydrogen-bond acceptors (Lipinski definition) is 7. The fourth-order valence-electron chi connectivity index (χ4n) is 4.08. The van der Waals surface area contributed by atoms with Crippen LogP contribution >= 0.6 is 23.5 Å². The number of piperidine rings is 1. The minimum atomic E-state index is -0.207. The average molecular weight is 401 g/mol. The molecule has 4 heterocycles. The molecule has 0 aromatic rings. The van der Waals surface area contributed by atoms with E-state index in [1.165, 1.54) is 0 Å². The van der Waals surface area contributed by atoms with Gasteiger partial charge in [0.15, 0.2) is 0 Å². The molecule has 146 valence electrons. The molecule has 4 N–H and O–H groups in total. The van der Waals surface area contributed by atoms with E-state index in [1.807, 2.05) is 0 Å². The van der Waals surface area contributed by atoms with Gasteiger partial charge in [0.2, 0.25) is 11.8 Å².